The lowest BCUT2D eigenvalue weighted by Gasteiger charge is -2.41. The number of rotatable bonds is 6. The van der Waals surface area contributed by atoms with Gasteiger partial charge in [-0.25, -0.2) is 4.79 Å². The van der Waals surface area contributed by atoms with Gasteiger partial charge >= 0.3 is 6.03 Å². The molecule has 1 saturated heterocycles. The van der Waals surface area contributed by atoms with Crippen LogP contribution in [0.5, 0.6) is 5.75 Å². The Labute approximate surface area is 220 Å². The van der Waals surface area contributed by atoms with Gasteiger partial charge in [-0.05, 0) is 47.4 Å². The summed E-state index contributed by atoms with van der Waals surface area (Å²) in [6, 6.07) is 25.1. The number of para-hydroxylation sites is 2. The average molecular weight is 500 g/mol. The van der Waals surface area contributed by atoms with E-state index in [1.54, 1.807) is 7.11 Å². The number of nitrogens with one attached hydrogen (secondary N) is 1. The third kappa shape index (κ3) is 5.91. The van der Waals surface area contributed by atoms with Crippen LogP contribution in [0.3, 0.4) is 0 Å². The van der Waals surface area contributed by atoms with E-state index < -0.39 is 0 Å². The van der Waals surface area contributed by atoms with E-state index >= 15 is 0 Å². The zero-order valence-corrected chi connectivity index (χ0v) is 21.9. The topological polar surface area (TPSA) is 54.0 Å². The van der Waals surface area contributed by atoms with E-state index in [0.717, 1.165) is 61.5 Å². The molecule has 0 aromatic heterocycles. The van der Waals surface area contributed by atoms with Gasteiger partial charge in [-0.2, -0.15) is 0 Å². The van der Waals surface area contributed by atoms with Gasteiger partial charge in [0.1, 0.15) is 11.4 Å². The lowest BCUT2D eigenvalue weighted by molar-refractivity contribution is 0.0110. The van der Waals surface area contributed by atoms with Gasteiger partial charge in [0, 0.05) is 58.2 Å². The predicted molar refractivity (Wildman–Crippen MR) is 148 cm³/mol. The smallest absolute Gasteiger partial charge is 0.321 e. The molecular weight excluding hydrogens is 462 g/mol. The Morgan fingerprint density at radius 3 is 2.24 bits per heavy atom. The van der Waals surface area contributed by atoms with Gasteiger partial charge in [-0.15, -0.1) is 0 Å². The summed E-state index contributed by atoms with van der Waals surface area (Å²) < 4.78 is 11.9. The second kappa shape index (κ2) is 11.3. The van der Waals surface area contributed by atoms with Crippen LogP contribution in [0.25, 0.3) is 0 Å². The van der Waals surface area contributed by atoms with Crippen molar-refractivity contribution >= 4 is 17.4 Å². The molecule has 3 aromatic carbocycles. The third-order valence-corrected chi connectivity index (χ3v) is 7.65. The minimum absolute atomic E-state index is 0.0551. The molecule has 194 valence electrons. The third-order valence-electron chi connectivity index (χ3n) is 7.65. The number of anilines is 2. The van der Waals surface area contributed by atoms with Crippen molar-refractivity contribution < 1.29 is 14.3 Å². The molecule has 1 fully saturated rings. The van der Waals surface area contributed by atoms with Crippen LogP contribution in [0, 0.1) is 0 Å². The Kier molecular flexibility index (Phi) is 7.65. The number of ether oxygens (including phenoxy) is 2. The highest BCUT2D eigenvalue weighted by atomic mass is 16.5. The molecule has 1 spiro atoms. The van der Waals surface area contributed by atoms with Crippen LogP contribution in [0.1, 0.15) is 42.9 Å². The maximum atomic E-state index is 13.0. The normalized spacial score (nSPS) is 16.6. The van der Waals surface area contributed by atoms with Crippen molar-refractivity contribution in [3.63, 3.8) is 0 Å². The van der Waals surface area contributed by atoms with Gasteiger partial charge in [0.25, 0.3) is 0 Å². The number of carbonyl (C=O) groups excluding carboxylic acids is 1. The van der Waals surface area contributed by atoms with Crippen molar-refractivity contribution in [2.45, 2.75) is 51.4 Å². The summed E-state index contributed by atoms with van der Waals surface area (Å²) in [6.07, 6.45) is 3.63. The van der Waals surface area contributed by atoms with Gasteiger partial charge in [0.15, 0.2) is 0 Å². The summed E-state index contributed by atoms with van der Waals surface area (Å²) in [4.78, 5) is 17.3. The number of likely N-dealkylation sites (tertiary alicyclic amines) is 1. The number of aryl methyl sites for hydroxylation is 1. The van der Waals surface area contributed by atoms with Crippen LogP contribution in [-0.4, -0.2) is 43.3 Å². The molecule has 2 amide bonds. The first-order chi connectivity index (χ1) is 18.1. The minimum Gasteiger partial charge on any atom is -0.485 e. The number of carbonyl (C=O) groups is 1. The SMILES string of the molecule is CCc1ccc(CN2CCC3(CCN(C(=O)Nc4ccc(COC)cc4)CC3)Oc3ccccc32)cc1. The van der Waals surface area contributed by atoms with Crippen LogP contribution >= 0.6 is 0 Å². The van der Waals surface area contributed by atoms with Crippen LogP contribution in [0.4, 0.5) is 16.2 Å². The number of piperidine rings is 1. The summed E-state index contributed by atoms with van der Waals surface area (Å²) in [6.45, 7) is 5.88. The number of hydrogen-bond acceptors (Lipinski definition) is 4. The van der Waals surface area contributed by atoms with E-state index in [1.165, 1.54) is 11.1 Å². The number of methoxy groups -OCH3 is 1. The molecule has 2 heterocycles. The quantitative estimate of drug-likeness (QED) is 0.436. The van der Waals surface area contributed by atoms with Crippen molar-refractivity contribution in [2.75, 3.05) is 37.0 Å². The number of urea groups is 1. The Balaban J connectivity index is 1.23. The van der Waals surface area contributed by atoms with Crippen molar-refractivity contribution in [1.29, 1.82) is 0 Å². The monoisotopic (exact) mass is 499 g/mol. The van der Waals surface area contributed by atoms with Crippen LogP contribution in [-0.2, 0) is 24.3 Å². The largest absolute Gasteiger partial charge is 0.485 e. The van der Waals surface area contributed by atoms with E-state index in [2.05, 4.69) is 59.6 Å². The molecule has 0 atom stereocenters. The van der Waals surface area contributed by atoms with Crippen LogP contribution in [0.15, 0.2) is 72.8 Å². The maximum absolute atomic E-state index is 13.0. The fraction of sp³-hybridized carbons (Fsp3) is 0.387. The van der Waals surface area contributed by atoms with Crippen LogP contribution < -0.4 is 15.0 Å². The van der Waals surface area contributed by atoms with Crippen molar-refractivity contribution in [3.8, 4) is 5.75 Å². The van der Waals surface area contributed by atoms with E-state index in [-0.39, 0.29) is 11.6 Å². The molecule has 0 bridgehead atoms. The zero-order valence-electron chi connectivity index (χ0n) is 21.9. The summed E-state index contributed by atoms with van der Waals surface area (Å²) in [7, 11) is 1.68. The van der Waals surface area contributed by atoms with Crippen molar-refractivity contribution in [2.24, 2.45) is 0 Å². The first-order valence-corrected chi connectivity index (χ1v) is 13.3. The fourth-order valence-electron chi connectivity index (χ4n) is 5.34. The highest BCUT2D eigenvalue weighted by molar-refractivity contribution is 5.89. The lowest BCUT2D eigenvalue weighted by atomic mass is 9.87. The summed E-state index contributed by atoms with van der Waals surface area (Å²) >= 11 is 0. The Morgan fingerprint density at radius 2 is 1.54 bits per heavy atom. The fourth-order valence-corrected chi connectivity index (χ4v) is 5.34. The number of amides is 2. The molecule has 6 nitrogen and oxygen atoms in total. The minimum atomic E-state index is -0.254. The number of hydrogen-bond donors (Lipinski definition) is 1. The standard InChI is InChI=1S/C31H37N3O3/c1-3-24-8-10-25(11-9-24)22-34-21-18-31(37-29-7-5-4-6-28(29)34)16-19-33(20-17-31)30(35)32-27-14-12-26(13-15-27)23-36-2/h4-15H,3,16-23H2,1-2H3,(H,32,35). The highest BCUT2D eigenvalue weighted by Gasteiger charge is 2.40. The summed E-state index contributed by atoms with van der Waals surface area (Å²) in [5.74, 6) is 0.944. The molecule has 3 aromatic rings. The number of nitrogens with zero attached hydrogens (tertiary/aromatic N) is 2. The highest BCUT2D eigenvalue weighted by Crippen LogP contribution is 2.41. The van der Waals surface area contributed by atoms with Gasteiger partial charge < -0.3 is 24.6 Å². The molecule has 0 radical (unpaired) electrons. The molecule has 37 heavy (non-hydrogen) atoms. The number of fused-ring (bicyclic) bond motifs is 1. The van der Waals surface area contributed by atoms with E-state index in [9.17, 15) is 4.79 Å². The molecule has 0 aliphatic carbocycles. The maximum Gasteiger partial charge on any atom is 0.321 e. The molecular formula is C31H37N3O3. The van der Waals surface area contributed by atoms with Gasteiger partial charge in [0.2, 0.25) is 0 Å². The number of benzene rings is 3. The van der Waals surface area contributed by atoms with E-state index in [4.69, 9.17) is 9.47 Å². The average Bonchev–Trinajstić information content (AvgIpc) is 3.07. The molecule has 2 aliphatic heterocycles. The molecule has 5 rings (SSSR count). The van der Waals surface area contributed by atoms with E-state index in [1.807, 2.05) is 35.2 Å². The Bertz CT molecular complexity index is 1190. The second-order valence-electron chi connectivity index (χ2n) is 10.1. The summed E-state index contributed by atoms with van der Waals surface area (Å²) in [5.41, 5.74) is 5.45. The summed E-state index contributed by atoms with van der Waals surface area (Å²) in [5, 5.41) is 3.04. The second-order valence-corrected chi connectivity index (χ2v) is 10.1. The first kappa shape index (κ1) is 25.2. The molecule has 0 saturated carbocycles. The Morgan fingerprint density at radius 1 is 0.892 bits per heavy atom. The Hall–Kier alpha value is -3.51. The van der Waals surface area contributed by atoms with Gasteiger partial charge in [-0.1, -0.05) is 55.5 Å². The molecule has 2 aliphatic rings. The predicted octanol–water partition coefficient (Wildman–Crippen LogP) is 6.25. The van der Waals surface area contributed by atoms with Crippen molar-refractivity contribution in [1.82, 2.24) is 4.90 Å². The van der Waals surface area contributed by atoms with Gasteiger partial charge in [-0.3, -0.25) is 0 Å². The van der Waals surface area contributed by atoms with Crippen molar-refractivity contribution in [3.05, 3.63) is 89.5 Å². The zero-order chi connectivity index (χ0) is 25.7. The molecule has 0 unspecified atom stereocenters. The molecule has 1 N–H and O–H groups in total. The van der Waals surface area contributed by atoms with Crippen LogP contribution in [0.2, 0.25) is 0 Å². The van der Waals surface area contributed by atoms with Gasteiger partial charge in [0.05, 0.1) is 12.3 Å². The van der Waals surface area contributed by atoms with E-state index in [0.29, 0.717) is 19.7 Å². The first-order valence-electron chi connectivity index (χ1n) is 13.3. The lowest BCUT2D eigenvalue weighted by Crippen LogP contribution is -2.51. The molecule has 6 heteroatoms.